The zero-order valence-corrected chi connectivity index (χ0v) is 17.6. The number of amides is 2. The molecule has 0 N–H and O–H groups in total. The van der Waals surface area contributed by atoms with Gasteiger partial charge in [-0.2, -0.15) is 0 Å². The van der Waals surface area contributed by atoms with Crippen LogP contribution in [0.15, 0.2) is 48.5 Å². The number of para-hydroxylation sites is 1. The van der Waals surface area contributed by atoms with Gasteiger partial charge in [-0.15, -0.1) is 0 Å². The molecule has 2 fully saturated rings. The minimum absolute atomic E-state index is 0.0232. The van der Waals surface area contributed by atoms with Crippen molar-refractivity contribution in [3.8, 4) is 5.75 Å². The molecule has 162 valence electrons. The average molecular weight is 423 g/mol. The molecule has 0 unspecified atom stereocenters. The normalized spacial score (nSPS) is 25.1. The maximum absolute atomic E-state index is 13.6. The predicted octanol–water partition coefficient (Wildman–Crippen LogP) is 2.50. The molecular weight excluding hydrogens is 397 g/mol. The monoisotopic (exact) mass is 423 g/mol. The number of halogens is 1. The highest BCUT2D eigenvalue weighted by Crippen LogP contribution is 2.65. The Labute approximate surface area is 181 Å². The molecule has 2 atom stereocenters. The third-order valence-corrected chi connectivity index (χ3v) is 6.81. The number of fused-ring (bicyclic) bond motifs is 3. The summed E-state index contributed by atoms with van der Waals surface area (Å²) >= 11 is 0. The first kappa shape index (κ1) is 20.0. The third-order valence-electron chi connectivity index (χ3n) is 6.81. The zero-order valence-electron chi connectivity index (χ0n) is 17.6. The molecule has 1 saturated heterocycles. The molecule has 1 saturated carbocycles. The third kappa shape index (κ3) is 3.57. The molecule has 0 spiro atoms. The lowest BCUT2D eigenvalue weighted by molar-refractivity contribution is -0.134. The summed E-state index contributed by atoms with van der Waals surface area (Å²) in [7, 11) is 2.05. The number of carbonyl (C=O) groups excluding carboxylic acids is 2. The van der Waals surface area contributed by atoms with Gasteiger partial charge in [-0.05, 0) is 49.4 Å². The maximum atomic E-state index is 13.6. The summed E-state index contributed by atoms with van der Waals surface area (Å²) in [5.74, 6) is 0.219. The van der Waals surface area contributed by atoms with Crippen molar-refractivity contribution in [2.45, 2.75) is 12.3 Å². The molecule has 2 aromatic rings. The minimum Gasteiger partial charge on any atom is -0.492 e. The van der Waals surface area contributed by atoms with Crippen molar-refractivity contribution < 1.29 is 18.7 Å². The molecule has 1 aliphatic carbocycles. The number of benzene rings is 2. The van der Waals surface area contributed by atoms with E-state index in [0.29, 0.717) is 25.3 Å². The molecule has 31 heavy (non-hydrogen) atoms. The average Bonchev–Trinajstić information content (AvgIpc) is 3.53. The number of nitrogens with zero attached hydrogens (tertiary/aromatic N) is 3. The fourth-order valence-corrected chi connectivity index (χ4v) is 4.77. The van der Waals surface area contributed by atoms with Gasteiger partial charge in [-0.25, -0.2) is 4.39 Å². The van der Waals surface area contributed by atoms with Crippen molar-refractivity contribution in [1.29, 1.82) is 0 Å². The van der Waals surface area contributed by atoms with Crippen molar-refractivity contribution >= 4 is 17.5 Å². The molecular formula is C24H26FN3O3. The Hall–Kier alpha value is -2.93. The van der Waals surface area contributed by atoms with Crippen LogP contribution in [0.5, 0.6) is 5.75 Å². The molecule has 6 nitrogen and oxygen atoms in total. The van der Waals surface area contributed by atoms with E-state index in [-0.39, 0.29) is 36.7 Å². The molecule has 2 aliphatic heterocycles. The Kier molecular flexibility index (Phi) is 4.93. The molecule has 5 rings (SSSR count). The summed E-state index contributed by atoms with van der Waals surface area (Å²) in [6, 6.07) is 13.7. The second kappa shape index (κ2) is 7.64. The predicted molar refractivity (Wildman–Crippen MR) is 115 cm³/mol. The van der Waals surface area contributed by atoms with E-state index in [0.717, 1.165) is 24.3 Å². The van der Waals surface area contributed by atoms with Gasteiger partial charge in [-0.3, -0.25) is 9.59 Å². The van der Waals surface area contributed by atoms with E-state index >= 15 is 0 Å². The van der Waals surface area contributed by atoms with Gasteiger partial charge >= 0.3 is 0 Å². The number of piperazine rings is 1. The summed E-state index contributed by atoms with van der Waals surface area (Å²) < 4.78 is 19.1. The highest BCUT2D eigenvalue weighted by Gasteiger charge is 2.66. The van der Waals surface area contributed by atoms with Gasteiger partial charge in [0.1, 0.15) is 24.7 Å². The van der Waals surface area contributed by atoms with Crippen LogP contribution in [0.3, 0.4) is 0 Å². The molecule has 3 aliphatic rings. The largest absolute Gasteiger partial charge is 0.492 e. The second-order valence-corrected chi connectivity index (χ2v) is 8.79. The van der Waals surface area contributed by atoms with Crippen molar-refractivity contribution in [2.75, 3.05) is 51.3 Å². The van der Waals surface area contributed by atoms with Crippen LogP contribution in [0.2, 0.25) is 0 Å². The van der Waals surface area contributed by atoms with Crippen LogP contribution in [0.1, 0.15) is 17.9 Å². The van der Waals surface area contributed by atoms with E-state index in [1.807, 2.05) is 36.2 Å². The Bertz CT molecular complexity index is 1000. The Balaban J connectivity index is 1.36. The fraction of sp³-hybridized carbons (Fsp3) is 0.417. The van der Waals surface area contributed by atoms with E-state index in [2.05, 4.69) is 4.90 Å². The summed E-state index contributed by atoms with van der Waals surface area (Å²) in [5, 5.41) is 0. The van der Waals surface area contributed by atoms with Gasteiger partial charge in [0.15, 0.2) is 0 Å². The smallest absolute Gasteiger partial charge is 0.242 e. The van der Waals surface area contributed by atoms with E-state index in [1.165, 1.54) is 12.1 Å². The van der Waals surface area contributed by atoms with Crippen LogP contribution in [-0.4, -0.2) is 68.0 Å². The standard InChI is InChI=1S/C24H26FN3O3/c1-26-10-12-27(13-11-26)22(29)15-28-21-5-3-2-4-19(21)20-14-24(20,23(28)30)16-31-18-8-6-17(25)7-9-18/h2-9,20H,10-16H2,1H3/t20-,24+/m0/s1. The molecule has 0 aromatic heterocycles. The quantitative estimate of drug-likeness (QED) is 0.742. The first-order chi connectivity index (χ1) is 15.0. The summed E-state index contributed by atoms with van der Waals surface area (Å²) in [4.78, 5) is 32.3. The number of carbonyl (C=O) groups is 2. The maximum Gasteiger partial charge on any atom is 0.242 e. The number of likely N-dealkylation sites (N-methyl/N-ethyl adjacent to an activating group) is 1. The second-order valence-electron chi connectivity index (χ2n) is 8.79. The minimum atomic E-state index is -0.662. The first-order valence-electron chi connectivity index (χ1n) is 10.7. The van der Waals surface area contributed by atoms with Gasteiger partial charge < -0.3 is 19.4 Å². The lowest BCUT2D eigenvalue weighted by Gasteiger charge is -2.37. The topological polar surface area (TPSA) is 53.1 Å². The molecule has 2 amide bonds. The fourth-order valence-electron chi connectivity index (χ4n) is 4.77. The number of hydrogen-bond acceptors (Lipinski definition) is 4. The van der Waals surface area contributed by atoms with Gasteiger partial charge in [0.2, 0.25) is 11.8 Å². The molecule has 2 heterocycles. The van der Waals surface area contributed by atoms with E-state index in [9.17, 15) is 14.0 Å². The highest BCUT2D eigenvalue weighted by atomic mass is 19.1. The van der Waals surface area contributed by atoms with Crippen LogP contribution in [0.25, 0.3) is 0 Å². The lowest BCUT2D eigenvalue weighted by atomic mass is 9.92. The highest BCUT2D eigenvalue weighted by molar-refractivity contribution is 6.07. The Morgan fingerprint density at radius 3 is 2.55 bits per heavy atom. The van der Waals surface area contributed by atoms with Crippen LogP contribution < -0.4 is 9.64 Å². The Morgan fingerprint density at radius 1 is 1.10 bits per heavy atom. The van der Waals surface area contributed by atoms with Crippen molar-refractivity contribution in [2.24, 2.45) is 5.41 Å². The van der Waals surface area contributed by atoms with Crippen LogP contribution in [0.4, 0.5) is 10.1 Å². The van der Waals surface area contributed by atoms with Gasteiger partial charge in [0, 0.05) is 37.8 Å². The van der Waals surface area contributed by atoms with Gasteiger partial charge in [0.25, 0.3) is 0 Å². The van der Waals surface area contributed by atoms with Crippen molar-refractivity contribution in [3.63, 3.8) is 0 Å². The van der Waals surface area contributed by atoms with E-state index in [1.54, 1.807) is 17.0 Å². The molecule has 0 radical (unpaired) electrons. The first-order valence-corrected chi connectivity index (χ1v) is 10.7. The zero-order chi connectivity index (χ0) is 21.6. The van der Waals surface area contributed by atoms with Gasteiger partial charge in [-0.1, -0.05) is 18.2 Å². The lowest BCUT2D eigenvalue weighted by Crippen LogP contribution is -2.53. The van der Waals surface area contributed by atoms with E-state index in [4.69, 9.17) is 4.74 Å². The van der Waals surface area contributed by atoms with E-state index < -0.39 is 5.41 Å². The van der Waals surface area contributed by atoms with Gasteiger partial charge in [0.05, 0.1) is 5.41 Å². The number of ether oxygens (including phenoxy) is 1. The molecule has 2 aromatic carbocycles. The van der Waals surface area contributed by atoms with Crippen LogP contribution in [0, 0.1) is 11.2 Å². The van der Waals surface area contributed by atoms with Crippen LogP contribution >= 0.6 is 0 Å². The molecule has 7 heteroatoms. The molecule has 0 bridgehead atoms. The number of hydrogen-bond donors (Lipinski definition) is 0. The number of rotatable bonds is 5. The SMILES string of the molecule is CN1CCN(C(=O)CN2C(=O)[C@@]3(COc4ccc(F)cc4)C[C@H]3c3ccccc32)CC1. The summed E-state index contributed by atoms with van der Waals surface area (Å²) in [6.45, 7) is 3.31. The van der Waals surface area contributed by atoms with Crippen LogP contribution in [-0.2, 0) is 9.59 Å². The summed E-state index contributed by atoms with van der Waals surface area (Å²) in [5.41, 5.74) is 1.26. The van der Waals surface area contributed by atoms with Crippen molar-refractivity contribution in [1.82, 2.24) is 9.80 Å². The Morgan fingerprint density at radius 2 is 1.81 bits per heavy atom. The summed E-state index contributed by atoms with van der Waals surface area (Å²) in [6.07, 6.45) is 0.698. The van der Waals surface area contributed by atoms with Crippen molar-refractivity contribution in [3.05, 3.63) is 59.9 Å². The number of anilines is 1.